The van der Waals surface area contributed by atoms with Gasteiger partial charge in [0.2, 0.25) is 0 Å². The minimum absolute atomic E-state index is 0.185. The maximum absolute atomic E-state index is 11.8. The third kappa shape index (κ3) is 3.83. The van der Waals surface area contributed by atoms with Crippen LogP contribution in [0.25, 0.3) is 0 Å². The molecule has 0 unspecified atom stereocenters. The van der Waals surface area contributed by atoms with E-state index in [0.29, 0.717) is 12.1 Å². The largest absolute Gasteiger partial charge is 0.444 e. The maximum atomic E-state index is 11.8. The molecule has 0 aromatic rings. The molecule has 0 atom stereocenters. The Bertz CT molecular complexity index is 313. The Labute approximate surface area is 115 Å². The molecule has 19 heavy (non-hydrogen) atoms. The van der Waals surface area contributed by atoms with Gasteiger partial charge >= 0.3 is 6.09 Å². The number of piperidine rings is 1. The van der Waals surface area contributed by atoms with Crippen LogP contribution in [0.1, 0.15) is 33.6 Å². The van der Waals surface area contributed by atoms with Gasteiger partial charge in [0.25, 0.3) is 0 Å². The van der Waals surface area contributed by atoms with Crippen molar-refractivity contribution in [3.63, 3.8) is 0 Å². The van der Waals surface area contributed by atoms with Crippen molar-refractivity contribution in [2.45, 2.75) is 51.4 Å². The van der Waals surface area contributed by atoms with Crippen molar-refractivity contribution in [3.05, 3.63) is 0 Å². The quantitative estimate of drug-likeness (QED) is 0.766. The minimum Gasteiger partial charge on any atom is -0.444 e. The van der Waals surface area contributed by atoms with E-state index < -0.39 is 5.60 Å². The van der Waals surface area contributed by atoms with E-state index in [1.165, 1.54) is 0 Å². The Kier molecular flexibility index (Phi) is 4.36. The average molecular weight is 270 g/mol. The monoisotopic (exact) mass is 270 g/mol. The number of carbonyl (C=O) groups is 1. The fourth-order valence-corrected chi connectivity index (χ4v) is 2.64. The molecule has 0 saturated carbocycles. The van der Waals surface area contributed by atoms with Gasteiger partial charge in [0.05, 0.1) is 6.10 Å². The number of methoxy groups -OCH3 is 1. The zero-order valence-corrected chi connectivity index (χ0v) is 12.5. The van der Waals surface area contributed by atoms with Gasteiger partial charge in [0.1, 0.15) is 5.60 Å². The highest BCUT2D eigenvalue weighted by molar-refractivity contribution is 5.69. The first-order valence-corrected chi connectivity index (χ1v) is 7.14. The van der Waals surface area contributed by atoms with Crippen LogP contribution < -0.4 is 0 Å². The first kappa shape index (κ1) is 14.6. The Balaban J connectivity index is 1.70. The van der Waals surface area contributed by atoms with Crippen LogP contribution in [0, 0.1) is 0 Å². The molecule has 0 aromatic heterocycles. The van der Waals surface area contributed by atoms with E-state index in [4.69, 9.17) is 9.47 Å². The first-order chi connectivity index (χ1) is 8.89. The smallest absolute Gasteiger partial charge is 0.410 e. The molecule has 2 aliphatic rings. The van der Waals surface area contributed by atoms with E-state index in [2.05, 4.69) is 4.90 Å². The van der Waals surface area contributed by atoms with E-state index in [9.17, 15) is 4.79 Å². The number of nitrogens with zero attached hydrogens (tertiary/aromatic N) is 2. The SMILES string of the molecule is COC1CCN(C2CN(C(=O)OC(C)(C)C)C2)CC1. The van der Waals surface area contributed by atoms with Crippen molar-refractivity contribution in [1.82, 2.24) is 9.80 Å². The summed E-state index contributed by atoms with van der Waals surface area (Å²) in [6, 6.07) is 0.505. The van der Waals surface area contributed by atoms with E-state index in [1.807, 2.05) is 20.8 Å². The van der Waals surface area contributed by atoms with Gasteiger partial charge < -0.3 is 14.4 Å². The molecule has 0 aromatic carbocycles. The van der Waals surface area contributed by atoms with Gasteiger partial charge in [-0.15, -0.1) is 0 Å². The van der Waals surface area contributed by atoms with Crippen LogP contribution in [0.5, 0.6) is 0 Å². The zero-order valence-electron chi connectivity index (χ0n) is 12.5. The molecule has 0 spiro atoms. The summed E-state index contributed by atoms with van der Waals surface area (Å²) in [5.74, 6) is 0. The van der Waals surface area contributed by atoms with Gasteiger partial charge in [-0.3, -0.25) is 4.90 Å². The second-order valence-corrected chi connectivity index (χ2v) is 6.51. The van der Waals surface area contributed by atoms with E-state index in [-0.39, 0.29) is 6.09 Å². The van der Waals surface area contributed by atoms with Crippen LogP contribution in [-0.2, 0) is 9.47 Å². The predicted molar refractivity (Wildman–Crippen MR) is 73.2 cm³/mol. The molecule has 2 rings (SSSR count). The fraction of sp³-hybridized carbons (Fsp3) is 0.929. The van der Waals surface area contributed by atoms with Gasteiger partial charge in [-0.25, -0.2) is 4.79 Å². The van der Waals surface area contributed by atoms with Crippen LogP contribution in [0.4, 0.5) is 4.79 Å². The van der Waals surface area contributed by atoms with Crippen molar-refractivity contribution < 1.29 is 14.3 Å². The third-order valence-electron chi connectivity index (χ3n) is 3.84. The molecule has 2 heterocycles. The Morgan fingerprint density at radius 2 is 1.74 bits per heavy atom. The molecule has 5 heteroatoms. The van der Waals surface area contributed by atoms with Crippen LogP contribution in [0.2, 0.25) is 0 Å². The normalized spacial score (nSPS) is 23.3. The molecule has 0 radical (unpaired) electrons. The molecule has 2 aliphatic heterocycles. The standard InChI is InChI=1S/C14H26N2O3/c1-14(2,3)19-13(17)16-9-11(10-16)15-7-5-12(18-4)6-8-15/h11-12H,5-10H2,1-4H3. The van der Waals surface area contributed by atoms with Crippen LogP contribution >= 0.6 is 0 Å². The molecule has 0 bridgehead atoms. The summed E-state index contributed by atoms with van der Waals surface area (Å²) in [6.07, 6.45) is 2.42. The van der Waals surface area contributed by atoms with Crippen molar-refractivity contribution in [1.29, 1.82) is 0 Å². The molecule has 2 fully saturated rings. The molecule has 5 nitrogen and oxygen atoms in total. The van der Waals surface area contributed by atoms with Gasteiger partial charge in [-0.1, -0.05) is 0 Å². The second-order valence-electron chi connectivity index (χ2n) is 6.51. The zero-order chi connectivity index (χ0) is 14.0. The van der Waals surface area contributed by atoms with Crippen LogP contribution in [0.3, 0.4) is 0 Å². The number of rotatable bonds is 2. The number of amides is 1. The van der Waals surface area contributed by atoms with Gasteiger partial charge in [-0.05, 0) is 33.6 Å². The lowest BCUT2D eigenvalue weighted by atomic mass is 10.0. The molecular weight excluding hydrogens is 244 g/mol. The van der Waals surface area contributed by atoms with Gasteiger partial charge in [0, 0.05) is 39.3 Å². The molecule has 0 N–H and O–H groups in total. The van der Waals surface area contributed by atoms with Gasteiger partial charge in [-0.2, -0.15) is 0 Å². The lowest BCUT2D eigenvalue weighted by molar-refractivity contribution is -0.0334. The average Bonchev–Trinajstić information content (AvgIpc) is 2.25. The summed E-state index contributed by atoms with van der Waals surface area (Å²) in [7, 11) is 1.79. The van der Waals surface area contributed by atoms with Crippen molar-refractivity contribution in [2.75, 3.05) is 33.3 Å². The molecule has 110 valence electrons. The second kappa shape index (κ2) is 5.67. The Hall–Kier alpha value is -0.810. The minimum atomic E-state index is -0.404. The van der Waals surface area contributed by atoms with Crippen molar-refractivity contribution in [2.24, 2.45) is 0 Å². The highest BCUT2D eigenvalue weighted by Crippen LogP contribution is 2.22. The van der Waals surface area contributed by atoms with Crippen molar-refractivity contribution in [3.8, 4) is 0 Å². The third-order valence-corrected chi connectivity index (χ3v) is 3.84. The topological polar surface area (TPSA) is 42.0 Å². The van der Waals surface area contributed by atoms with Gasteiger partial charge in [0.15, 0.2) is 0 Å². The van der Waals surface area contributed by atoms with E-state index in [0.717, 1.165) is 39.0 Å². The summed E-state index contributed by atoms with van der Waals surface area (Å²) in [5.41, 5.74) is -0.404. The first-order valence-electron chi connectivity index (χ1n) is 7.14. The van der Waals surface area contributed by atoms with E-state index in [1.54, 1.807) is 12.0 Å². The highest BCUT2D eigenvalue weighted by Gasteiger charge is 2.38. The molecule has 0 aliphatic carbocycles. The summed E-state index contributed by atoms with van der Waals surface area (Å²) >= 11 is 0. The maximum Gasteiger partial charge on any atom is 0.410 e. The van der Waals surface area contributed by atoms with Crippen LogP contribution in [-0.4, -0.2) is 66.9 Å². The Morgan fingerprint density at radius 1 is 1.16 bits per heavy atom. The molecule has 1 amide bonds. The lowest BCUT2D eigenvalue weighted by Crippen LogP contribution is -2.63. The van der Waals surface area contributed by atoms with Crippen molar-refractivity contribution >= 4 is 6.09 Å². The molecular formula is C14H26N2O3. The predicted octanol–water partition coefficient (Wildman–Crippen LogP) is 1.72. The fourth-order valence-electron chi connectivity index (χ4n) is 2.64. The highest BCUT2D eigenvalue weighted by atomic mass is 16.6. The summed E-state index contributed by atoms with van der Waals surface area (Å²) in [6.45, 7) is 9.45. The Morgan fingerprint density at radius 3 is 2.21 bits per heavy atom. The number of carbonyl (C=O) groups excluding carboxylic acids is 1. The van der Waals surface area contributed by atoms with E-state index >= 15 is 0 Å². The number of likely N-dealkylation sites (tertiary alicyclic amines) is 2. The summed E-state index contributed by atoms with van der Waals surface area (Å²) < 4.78 is 10.7. The number of hydrogen-bond donors (Lipinski definition) is 0. The molecule has 2 saturated heterocycles. The summed E-state index contributed by atoms with van der Waals surface area (Å²) in [5, 5.41) is 0. The van der Waals surface area contributed by atoms with Crippen LogP contribution in [0.15, 0.2) is 0 Å². The number of hydrogen-bond acceptors (Lipinski definition) is 4. The summed E-state index contributed by atoms with van der Waals surface area (Å²) in [4.78, 5) is 16.1. The lowest BCUT2D eigenvalue weighted by Gasteiger charge is -2.47. The number of ether oxygens (including phenoxy) is 2.